The molecule has 0 bridgehead atoms. The van der Waals surface area contributed by atoms with Crippen LogP contribution in [-0.4, -0.2) is 51.3 Å². The van der Waals surface area contributed by atoms with E-state index in [1.54, 1.807) is 0 Å². The van der Waals surface area contributed by atoms with Gasteiger partial charge in [0.05, 0.1) is 6.61 Å². The molecule has 0 aliphatic rings. The highest BCUT2D eigenvalue weighted by Gasteiger charge is 2.31. The van der Waals surface area contributed by atoms with Gasteiger partial charge in [-0.15, -0.1) is 10.1 Å². The molecule has 10 heteroatoms. The molecule has 108 valence electrons. The summed E-state index contributed by atoms with van der Waals surface area (Å²) < 4.78 is 0. The lowest BCUT2D eigenvalue weighted by Gasteiger charge is -2.24. The summed E-state index contributed by atoms with van der Waals surface area (Å²) in [7, 11) is 0. The summed E-state index contributed by atoms with van der Waals surface area (Å²) in [5.41, 5.74) is 0. The van der Waals surface area contributed by atoms with Crippen LogP contribution in [0.2, 0.25) is 0 Å². The lowest BCUT2D eigenvalue weighted by molar-refractivity contribution is -0.757. The molecule has 0 spiro atoms. The lowest BCUT2D eigenvalue weighted by atomic mass is 10.2. The highest BCUT2D eigenvalue weighted by molar-refractivity contribution is 7.80. The summed E-state index contributed by atoms with van der Waals surface area (Å²) >= 11 is 3.78. The molecule has 0 radical (unpaired) electrons. The number of carboxylic acid groups (broad SMARTS) is 1. The maximum atomic E-state index is 11.7. The Labute approximate surface area is 114 Å². The summed E-state index contributed by atoms with van der Waals surface area (Å²) in [5.74, 6) is -3.02. The fraction of sp³-hybridized carbons (Fsp3) is 0.667. The lowest BCUT2D eigenvalue weighted by Crippen LogP contribution is -2.48. The van der Waals surface area contributed by atoms with Crippen molar-refractivity contribution in [3.05, 3.63) is 10.1 Å². The average Bonchev–Trinajstić information content (AvgIpc) is 2.29. The van der Waals surface area contributed by atoms with E-state index in [2.05, 4.69) is 17.5 Å². The van der Waals surface area contributed by atoms with Crippen LogP contribution in [0.25, 0.3) is 0 Å². The maximum absolute atomic E-state index is 11.7. The van der Waals surface area contributed by atoms with Crippen molar-refractivity contribution in [2.24, 2.45) is 0 Å². The van der Waals surface area contributed by atoms with Crippen LogP contribution in [0, 0.1) is 10.1 Å². The molecular formula is C9H14N2O7S. The predicted molar refractivity (Wildman–Crippen MR) is 65.0 cm³/mol. The SMILES string of the molecule is CC(=O)N(C(=O)CCCO[N+](=O)[O-])[C@@H](CS)C(=O)O. The van der Waals surface area contributed by atoms with E-state index >= 15 is 0 Å². The highest BCUT2D eigenvalue weighted by atomic mass is 32.1. The molecule has 19 heavy (non-hydrogen) atoms. The first-order valence-corrected chi connectivity index (χ1v) is 5.88. The van der Waals surface area contributed by atoms with E-state index in [0.29, 0.717) is 4.90 Å². The zero-order chi connectivity index (χ0) is 15.0. The number of thiol groups is 1. The second kappa shape index (κ2) is 8.29. The summed E-state index contributed by atoms with van der Waals surface area (Å²) in [6.07, 6.45) is -0.229. The Kier molecular flexibility index (Phi) is 7.49. The maximum Gasteiger partial charge on any atom is 0.327 e. The number of imide groups is 1. The zero-order valence-corrected chi connectivity index (χ0v) is 11.0. The summed E-state index contributed by atoms with van der Waals surface area (Å²) in [5, 5.41) is 17.8. The molecule has 0 rings (SSSR count). The van der Waals surface area contributed by atoms with E-state index in [0.717, 1.165) is 6.92 Å². The van der Waals surface area contributed by atoms with Crippen molar-refractivity contribution in [1.29, 1.82) is 0 Å². The minimum absolute atomic E-state index is 0.00248. The third-order valence-electron chi connectivity index (χ3n) is 2.11. The van der Waals surface area contributed by atoms with Gasteiger partial charge in [-0.05, 0) is 6.42 Å². The second-order valence-electron chi connectivity index (χ2n) is 3.48. The Balaban J connectivity index is 4.54. The quantitative estimate of drug-likeness (QED) is 0.273. The van der Waals surface area contributed by atoms with Crippen LogP contribution in [-0.2, 0) is 19.2 Å². The normalized spacial score (nSPS) is 11.5. The number of hydrogen-bond acceptors (Lipinski definition) is 7. The van der Waals surface area contributed by atoms with Gasteiger partial charge in [-0.25, -0.2) is 4.79 Å². The van der Waals surface area contributed by atoms with Crippen LogP contribution >= 0.6 is 12.6 Å². The van der Waals surface area contributed by atoms with Crippen LogP contribution in [0.3, 0.4) is 0 Å². The number of amides is 2. The highest BCUT2D eigenvalue weighted by Crippen LogP contribution is 2.08. The second-order valence-corrected chi connectivity index (χ2v) is 3.84. The Hall–Kier alpha value is -1.84. The Bertz CT molecular complexity index is 374. The van der Waals surface area contributed by atoms with Crippen LogP contribution in [0.15, 0.2) is 0 Å². The molecule has 9 nitrogen and oxygen atoms in total. The summed E-state index contributed by atoms with van der Waals surface area (Å²) in [4.78, 5) is 48.4. The van der Waals surface area contributed by atoms with Crippen LogP contribution < -0.4 is 0 Å². The third-order valence-corrected chi connectivity index (χ3v) is 2.46. The van der Waals surface area contributed by atoms with Gasteiger partial charge in [0.25, 0.3) is 5.09 Å². The van der Waals surface area contributed by atoms with Crippen molar-refractivity contribution >= 4 is 30.4 Å². The molecule has 0 aromatic heterocycles. The van der Waals surface area contributed by atoms with Gasteiger partial charge in [-0.2, -0.15) is 12.6 Å². The summed E-state index contributed by atoms with van der Waals surface area (Å²) in [6, 6.07) is -1.36. The van der Waals surface area contributed by atoms with Crippen molar-refractivity contribution in [3.8, 4) is 0 Å². The molecule has 0 saturated heterocycles. The number of carbonyl (C=O) groups excluding carboxylic acids is 2. The molecule has 0 heterocycles. The zero-order valence-electron chi connectivity index (χ0n) is 10.1. The standard InChI is InChI=1S/C9H14N2O7S/c1-6(12)10(7(5-19)9(14)15)8(13)3-2-4-18-11(16)17/h7,19H,2-5H2,1H3,(H,14,15)/t7-/m0/s1. The number of carboxylic acids is 1. The topological polar surface area (TPSA) is 127 Å². The number of carbonyl (C=O) groups is 3. The van der Waals surface area contributed by atoms with E-state index in [1.807, 2.05) is 0 Å². The predicted octanol–water partition coefficient (Wildman–Crippen LogP) is -0.267. The van der Waals surface area contributed by atoms with E-state index < -0.39 is 28.9 Å². The number of aliphatic carboxylic acids is 1. The Morgan fingerprint density at radius 3 is 2.42 bits per heavy atom. The number of nitrogens with zero attached hydrogens (tertiary/aromatic N) is 2. The molecular weight excluding hydrogens is 280 g/mol. The van der Waals surface area contributed by atoms with E-state index in [-0.39, 0.29) is 25.2 Å². The minimum atomic E-state index is -1.36. The molecule has 0 aliphatic heterocycles. The molecule has 0 unspecified atom stereocenters. The van der Waals surface area contributed by atoms with Crippen molar-refractivity contribution in [1.82, 2.24) is 4.90 Å². The Morgan fingerprint density at radius 1 is 1.47 bits per heavy atom. The van der Waals surface area contributed by atoms with Crippen molar-refractivity contribution in [2.75, 3.05) is 12.4 Å². The van der Waals surface area contributed by atoms with E-state index in [4.69, 9.17) is 5.11 Å². The van der Waals surface area contributed by atoms with Crippen LogP contribution in [0.5, 0.6) is 0 Å². The first kappa shape index (κ1) is 17.2. The first-order valence-electron chi connectivity index (χ1n) is 5.24. The molecule has 0 saturated carbocycles. The molecule has 2 amide bonds. The van der Waals surface area contributed by atoms with E-state index in [1.165, 1.54) is 0 Å². The van der Waals surface area contributed by atoms with Crippen molar-refractivity contribution in [2.45, 2.75) is 25.8 Å². The molecule has 0 aliphatic carbocycles. The van der Waals surface area contributed by atoms with Gasteiger partial charge in [0.1, 0.15) is 6.04 Å². The van der Waals surface area contributed by atoms with Gasteiger partial charge in [0.15, 0.2) is 0 Å². The fourth-order valence-electron chi connectivity index (χ4n) is 1.32. The van der Waals surface area contributed by atoms with Gasteiger partial charge < -0.3 is 9.94 Å². The van der Waals surface area contributed by atoms with Crippen LogP contribution in [0.4, 0.5) is 0 Å². The molecule has 1 atom stereocenters. The minimum Gasteiger partial charge on any atom is -0.480 e. The number of rotatable bonds is 8. The number of hydrogen-bond donors (Lipinski definition) is 2. The smallest absolute Gasteiger partial charge is 0.327 e. The monoisotopic (exact) mass is 294 g/mol. The summed E-state index contributed by atoms with van der Waals surface area (Å²) in [6.45, 7) is 0.758. The molecule has 0 fully saturated rings. The molecule has 0 aromatic carbocycles. The molecule has 0 aromatic rings. The van der Waals surface area contributed by atoms with Gasteiger partial charge in [0.2, 0.25) is 11.8 Å². The largest absolute Gasteiger partial charge is 0.480 e. The van der Waals surface area contributed by atoms with E-state index in [9.17, 15) is 24.5 Å². The Morgan fingerprint density at radius 2 is 2.05 bits per heavy atom. The van der Waals surface area contributed by atoms with Gasteiger partial charge in [-0.3, -0.25) is 14.5 Å². The van der Waals surface area contributed by atoms with Crippen LogP contribution in [0.1, 0.15) is 19.8 Å². The van der Waals surface area contributed by atoms with Gasteiger partial charge in [-0.1, -0.05) is 0 Å². The first-order chi connectivity index (χ1) is 8.81. The third kappa shape index (κ3) is 6.04. The van der Waals surface area contributed by atoms with Gasteiger partial charge in [0, 0.05) is 19.1 Å². The molecule has 1 N–H and O–H groups in total. The van der Waals surface area contributed by atoms with Crippen molar-refractivity contribution < 1.29 is 29.4 Å². The van der Waals surface area contributed by atoms with Gasteiger partial charge >= 0.3 is 5.97 Å². The van der Waals surface area contributed by atoms with Crippen molar-refractivity contribution in [3.63, 3.8) is 0 Å². The fourth-order valence-corrected chi connectivity index (χ4v) is 1.64. The average molecular weight is 294 g/mol.